The maximum absolute atomic E-state index is 14.2. The van der Waals surface area contributed by atoms with Gasteiger partial charge in [0, 0.05) is 16.9 Å². The van der Waals surface area contributed by atoms with E-state index in [1.165, 1.54) is 6.26 Å². The molecule has 6 heteroatoms. The fourth-order valence-corrected chi connectivity index (χ4v) is 6.30. The molecule has 1 atom stereocenters. The number of rotatable bonds is 3. The van der Waals surface area contributed by atoms with Gasteiger partial charge >= 0.3 is 0 Å². The van der Waals surface area contributed by atoms with Crippen LogP contribution in [0.2, 0.25) is 0 Å². The van der Waals surface area contributed by atoms with Gasteiger partial charge in [-0.3, -0.25) is 9.59 Å². The van der Waals surface area contributed by atoms with Gasteiger partial charge in [0.1, 0.15) is 0 Å². The average Bonchev–Trinajstić information content (AvgIpc) is 3.43. The van der Waals surface area contributed by atoms with Crippen molar-refractivity contribution in [1.29, 1.82) is 0 Å². The van der Waals surface area contributed by atoms with Gasteiger partial charge in [-0.25, -0.2) is 0 Å². The highest BCUT2D eigenvalue weighted by Crippen LogP contribution is 2.60. The Balaban J connectivity index is 1.67. The molecule has 0 N–H and O–H groups in total. The monoisotopic (exact) mass is 432 g/mol. The Hall–Kier alpha value is -2.99. The summed E-state index contributed by atoms with van der Waals surface area (Å²) in [4.78, 5) is 30.1. The van der Waals surface area contributed by atoms with E-state index in [1.54, 1.807) is 28.8 Å². The molecule has 5 rings (SSSR count). The Morgan fingerprint density at radius 3 is 2.58 bits per heavy atom. The molecule has 31 heavy (non-hydrogen) atoms. The second kappa shape index (κ2) is 7.02. The van der Waals surface area contributed by atoms with Crippen LogP contribution in [-0.2, 0) is 16.2 Å². The molecule has 2 aliphatic heterocycles. The maximum atomic E-state index is 14.2. The SMILES string of the molecule is Cc1ccc2c(c1)C1(SC(C)(C)CN1C(=O)c1ccco1)C(=O)N2Cc1ccccc1. The van der Waals surface area contributed by atoms with Crippen LogP contribution in [0.5, 0.6) is 0 Å². The fourth-order valence-electron chi connectivity index (χ4n) is 4.57. The zero-order valence-electron chi connectivity index (χ0n) is 17.8. The molecule has 3 aromatic rings. The minimum absolute atomic E-state index is 0.0764. The normalized spacial score (nSPS) is 21.7. The summed E-state index contributed by atoms with van der Waals surface area (Å²) < 4.78 is 5.13. The van der Waals surface area contributed by atoms with Crippen molar-refractivity contribution in [3.8, 4) is 0 Å². The number of hydrogen-bond acceptors (Lipinski definition) is 4. The zero-order valence-corrected chi connectivity index (χ0v) is 18.6. The molecule has 2 amide bonds. The Bertz CT molecular complexity index is 1160. The Morgan fingerprint density at radius 1 is 1.10 bits per heavy atom. The predicted molar refractivity (Wildman–Crippen MR) is 122 cm³/mol. The Labute approximate surface area is 186 Å². The van der Waals surface area contributed by atoms with Crippen LogP contribution in [0.15, 0.2) is 71.3 Å². The summed E-state index contributed by atoms with van der Waals surface area (Å²) in [5.74, 6) is -0.0842. The minimum atomic E-state index is -1.11. The van der Waals surface area contributed by atoms with Crippen molar-refractivity contribution in [2.24, 2.45) is 0 Å². The van der Waals surface area contributed by atoms with Crippen molar-refractivity contribution in [1.82, 2.24) is 4.90 Å². The molecule has 158 valence electrons. The molecule has 5 nitrogen and oxygen atoms in total. The first-order valence-electron chi connectivity index (χ1n) is 10.3. The molecule has 0 bridgehead atoms. The molecular weight excluding hydrogens is 408 g/mol. The first kappa shape index (κ1) is 19.9. The molecule has 0 aliphatic carbocycles. The van der Waals surface area contributed by atoms with Gasteiger partial charge in [0.05, 0.1) is 18.5 Å². The van der Waals surface area contributed by atoms with Crippen LogP contribution in [0.1, 0.15) is 41.1 Å². The van der Waals surface area contributed by atoms with Crippen molar-refractivity contribution in [3.63, 3.8) is 0 Å². The molecule has 1 unspecified atom stereocenters. The second-order valence-electron chi connectivity index (χ2n) is 8.77. The van der Waals surface area contributed by atoms with E-state index in [0.717, 1.165) is 22.4 Å². The highest BCUT2D eigenvalue weighted by atomic mass is 32.2. The lowest BCUT2D eigenvalue weighted by Gasteiger charge is -2.32. The quantitative estimate of drug-likeness (QED) is 0.587. The van der Waals surface area contributed by atoms with E-state index >= 15 is 0 Å². The van der Waals surface area contributed by atoms with Crippen LogP contribution in [-0.4, -0.2) is 28.0 Å². The van der Waals surface area contributed by atoms with Gasteiger partial charge in [-0.15, -0.1) is 11.8 Å². The average molecular weight is 433 g/mol. The first-order valence-corrected chi connectivity index (χ1v) is 11.2. The number of nitrogens with zero attached hydrogens (tertiary/aromatic N) is 2. The van der Waals surface area contributed by atoms with Crippen molar-refractivity contribution >= 4 is 29.3 Å². The predicted octanol–water partition coefficient (Wildman–Crippen LogP) is 4.96. The highest BCUT2D eigenvalue weighted by Gasteiger charge is 2.64. The molecule has 0 saturated carbocycles. The first-order chi connectivity index (χ1) is 14.8. The van der Waals surface area contributed by atoms with Gasteiger partial charge in [-0.05, 0) is 44.5 Å². The van der Waals surface area contributed by atoms with E-state index < -0.39 is 4.87 Å². The van der Waals surface area contributed by atoms with Gasteiger partial charge in [-0.1, -0.05) is 48.0 Å². The van der Waals surface area contributed by atoms with E-state index in [2.05, 4.69) is 19.9 Å². The van der Waals surface area contributed by atoms with Crippen molar-refractivity contribution in [2.75, 3.05) is 11.4 Å². The summed E-state index contributed by atoms with van der Waals surface area (Å²) in [6.45, 7) is 7.09. The minimum Gasteiger partial charge on any atom is -0.459 e. The second-order valence-corrected chi connectivity index (χ2v) is 10.7. The molecule has 2 aliphatic rings. The van der Waals surface area contributed by atoms with E-state index in [1.807, 2.05) is 54.3 Å². The van der Waals surface area contributed by atoms with Gasteiger partial charge in [-0.2, -0.15) is 0 Å². The maximum Gasteiger partial charge on any atom is 0.291 e. The number of fused-ring (bicyclic) bond motifs is 2. The molecular formula is C25H24N2O3S. The summed E-state index contributed by atoms with van der Waals surface area (Å²) in [7, 11) is 0. The van der Waals surface area contributed by atoms with Crippen LogP contribution in [0, 0.1) is 6.92 Å². The number of carbonyl (C=O) groups is 2. The lowest BCUT2D eigenvalue weighted by Crippen LogP contribution is -2.50. The summed E-state index contributed by atoms with van der Waals surface area (Å²) >= 11 is 1.56. The molecule has 1 spiro atoms. The number of amides is 2. The van der Waals surface area contributed by atoms with Crippen LogP contribution >= 0.6 is 11.8 Å². The van der Waals surface area contributed by atoms with Crippen LogP contribution in [0.25, 0.3) is 0 Å². The number of thioether (sulfide) groups is 1. The topological polar surface area (TPSA) is 53.8 Å². The zero-order chi connectivity index (χ0) is 21.8. The van der Waals surface area contributed by atoms with Crippen LogP contribution in [0.3, 0.4) is 0 Å². The molecule has 1 aromatic heterocycles. The number of furan rings is 1. The summed E-state index contributed by atoms with van der Waals surface area (Å²) in [5.41, 5.74) is 3.85. The van der Waals surface area contributed by atoms with Crippen molar-refractivity contribution in [2.45, 2.75) is 36.9 Å². The molecule has 1 saturated heterocycles. The van der Waals surface area contributed by atoms with E-state index in [9.17, 15) is 9.59 Å². The van der Waals surface area contributed by atoms with E-state index in [-0.39, 0.29) is 22.3 Å². The Kier molecular flexibility index (Phi) is 4.52. The standard InChI is InChI=1S/C25H24N2O3S/c1-17-11-12-20-19(14-17)25(23(29)26(20)15-18-8-5-4-6-9-18)27(16-24(2,3)31-25)22(28)21-10-7-13-30-21/h4-14H,15-16H2,1-3H3. The lowest BCUT2D eigenvalue weighted by atomic mass is 10.0. The largest absolute Gasteiger partial charge is 0.459 e. The van der Waals surface area contributed by atoms with Gasteiger partial charge < -0.3 is 14.2 Å². The number of carbonyl (C=O) groups excluding carboxylic acids is 2. The summed E-state index contributed by atoms with van der Waals surface area (Å²) in [6.07, 6.45) is 1.49. The number of hydrogen-bond donors (Lipinski definition) is 0. The third-order valence-corrected chi connectivity index (χ3v) is 7.44. The van der Waals surface area contributed by atoms with Gasteiger partial charge in [0.15, 0.2) is 10.6 Å². The number of benzene rings is 2. The lowest BCUT2D eigenvalue weighted by molar-refractivity contribution is -0.123. The molecule has 2 aromatic carbocycles. The summed E-state index contributed by atoms with van der Waals surface area (Å²) in [6, 6.07) is 19.4. The third-order valence-electron chi connectivity index (χ3n) is 5.85. The summed E-state index contributed by atoms with van der Waals surface area (Å²) in [5, 5.41) is 0. The molecule has 3 heterocycles. The fraction of sp³-hybridized carbons (Fsp3) is 0.280. The smallest absolute Gasteiger partial charge is 0.291 e. The van der Waals surface area contributed by atoms with Crippen molar-refractivity contribution in [3.05, 3.63) is 89.4 Å². The Morgan fingerprint density at radius 2 is 1.87 bits per heavy atom. The molecule has 0 radical (unpaired) electrons. The van der Waals surface area contributed by atoms with Gasteiger partial charge in [0.2, 0.25) is 0 Å². The third kappa shape index (κ3) is 3.08. The van der Waals surface area contributed by atoms with Gasteiger partial charge in [0.25, 0.3) is 11.8 Å². The highest BCUT2D eigenvalue weighted by molar-refractivity contribution is 8.02. The molecule has 1 fully saturated rings. The van der Waals surface area contributed by atoms with Crippen molar-refractivity contribution < 1.29 is 14.0 Å². The van der Waals surface area contributed by atoms with Crippen LogP contribution in [0.4, 0.5) is 5.69 Å². The van der Waals surface area contributed by atoms with E-state index in [0.29, 0.717) is 13.1 Å². The number of aryl methyl sites for hydroxylation is 1. The number of anilines is 1. The van der Waals surface area contributed by atoms with Crippen LogP contribution < -0.4 is 4.90 Å². The van der Waals surface area contributed by atoms with E-state index in [4.69, 9.17) is 4.42 Å².